The lowest BCUT2D eigenvalue weighted by Gasteiger charge is -2.29. The summed E-state index contributed by atoms with van der Waals surface area (Å²) < 4.78 is 11.8. The van der Waals surface area contributed by atoms with E-state index in [1.54, 1.807) is 18.3 Å². The molecule has 8 nitrogen and oxygen atoms in total. The highest BCUT2D eigenvalue weighted by molar-refractivity contribution is 7.80. The van der Waals surface area contributed by atoms with Crippen LogP contribution in [0.4, 0.5) is 0 Å². The van der Waals surface area contributed by atoms with Crippen molar-refractivity contribution in [3.05, 3.63) is 83.9 Å². The fraction of sp³-hybridized carbons (Fsp3) is 0.280. The lowest BCUT2D eigenvalue weighted by atomic mass is 10.0. The number of benzene rings is 1. The van der Waals surface area contributed by atoms with Crippen LogP contribution in [-0.4, -0.2) is 52.3 Å². The number of para-hydroxylation sites is 1. The van der Waals surface area contributed by atoms with Gasteiger partial charge in [0.2, 0.25) is 0 Å². The quantitative estimate of drug-likeness (QED) is 0.388. The zero-order valence-corrected chi connectivity index (χ0v) is 19.8. The summed E-state index contributed by atoms with van der Waals surface area (Å²) in [7, 11) is 2.76. The van der Waals surface area contributed by atoms with E-state index in [9.17, 15) is 9.59 Å². The van der Waals surface area contributed by atoms with E-state index < -0.39 is 5.97 Å². The number of hydrogen-bond donors (Lipinski definition) is 1. The summed E-state index contributed by atoms with van der Waals surface area (Å²) in [4.78, 5) is 30.8. The summed E-state index contributed by atoms with van der Waals surface area (Å²) >= 11 is 5.71. The maximum Gasteiger partial charge on any atom is 0.339 e. The minimum atomic E-state index is -0.411. The number of nitrogens with zero attached hydrogens (tertiary/aromatic N) is 3. The van der Waals surface area contributed by atoms with Crippen molar-refractivity contribution in [1.82, 2.24) is 19.8 Å². The lowest BCUT2D eigenvalue weighted by Crippen LogP contribution is -2.31. The summed E-state index contributed by atoms with van der Waals surface area (Å²) in [6, 6.07) is 16.6. The van der Waals surface area contributed by atoms with Gasteiger partial charge >= 0.3 is 11.9 Å². The third-order valence-electron chi connectivity index (χ3n) is 5.86. The zero-order valence-electron chi connectivity index (χ0n) is 19.0. The van der Waals surface area contributed by atoms with Gasteiger partial charge in [0.15, 0.2) is 5.11 Å². The van der Waals surface area contributed by atoms with Crippen LogP contribution in [0.2, 0.25) is 0 Å². The summed E-state index contributed by atoms with van der Waals surface area (Å²) in [6.45, 7) is 0.554. The van der Waals surface area contributed by atoms with Crippen LogP contribution in [0.15, 0.2) is 67.0 Å². The second-order valence-electron chi connectivity index (χ2n) is 7.81. The second-order valence-corrected chi connectivity index (χ2v) is 8.20. The first-order valence-corrected chi connectivity index (χ1v) is 11.4. The molecule has 0 unspecified atom stereocenters. The molecule has 1 N–H and O–H groups in total. The van der Waals surface area contributed by atoms with Crippen molar-refractivity contribution in [3.8, 4) is 5.69 Å². The van der Waals surface area contributed by atoms with Gasteiger partial charge in [-0.1, -0.05) is 18.2 Å². The molecular weight excluding hydrogens is 452 g/mol. The molecule has 0 amide bonds. The Morgan fingerprint density at radius 1 is 1.06 bits per heavy atom. The highest BCUT2D eigenvalue weighted by Crippen LogP contribution is 2.40. The van der Waals surface area contributed by atoms with Crippen LogP contribution in [0.1, 0.15) is 46.7 Å². The number of carbonyl (C=O) groups is 2. The molecule has 1 fully saturated rings. The van der Waals surface area contributed by atoms with Crippen LogP contribution >= 0.6 is 12.2 Å². The zero-order chi connectivity index (χ0) is 24.1. The highest BCUT2D eigenvalue weighted by Gasteiger charge is 2.41. The van der Waals surface area contributed by atoms with Crippen LogP contribution in [0.3, 0.4) is 0 Å². The third kappa shape index (κ3) is 4.65. The van der Waals surface area contributed by atoms with E-state index in [2.05, 4.69) is 15.2 Å². The Bertz CT molecular complexity index is 1180. The van der Waals surface area contributed by atoms with E-state index in [1.165, 1.54) is 14.2 Å². The third-order valence-corrected chi connectivity index (χ3v) is 6.21. The topological polar surface area (TPSA) is 85.7 Å². The van der Waals surface area contributed by atoms with Crippen molar-refractivity contribution in [2.45, 2.75) is 24.9 Å². The molecule has 0 aliphatic carbocycles. The predicted octanol–water partition coefficient (Wildman–Crippen LogP) is 3.58. The molecule has 0 saturated carbocycles. The highest BCUT2D eigenvalue weighted by atomic mass is 32.1. The number of thiocarbonyl (C=S) groups is 1. The Kier molecular flexibility index (Phi) is 7.22. The second kappa shape index (κ2) is 10.5. The van der Waals surface area contributed by atoms with Gasteiger partial charge in [0.25, 0.3) is 0 Å². The maximum atomic E-state index is 12.5. The van der Waals surface area contributed by atoms with Gasteiger partial charge in [0.05, 0.1) is 43.2 Å². The largest absolute Gasteiger partial charge is 0.469 e. The van der Waals surface area contributed by atoms with Crippen LogP contribution in [0.25, 0.3) is 5.69 Å². The van der Waals surface area contributed by atoms with Crippen molar-refractivity contribution < 1.29 is 19.1 Å². The number of esters is 2. The molecule has 1 saturated heterocycles. The minimum Gasteiger partial charge on any atom is -0.469 e. The summed E-state index contributed by atoms with van der Waals surface area (Å²) in [6.07, 6.45) is 4.55. The number of ether oxygens (including phenoxy) is 2. The first kappa shape index (κ1) is 23.4. The van der Waals surface area contributed by atoms with Crippen molar-refractivity contribution in [2.24, 2.45) is 0 Å². The predicted molar refractivity (Wildman–Crippen MR) is 131 cm³/mol. The van der Waals surface area contributed by atoms with Crippen molar-refractivity contribution in [3.63, 3.8) is 0 Å². The molecule has 3 heterocycles. The fourth-order valence-corrected chi connectivity index (χ4v) is 4.62. The minimum absolute atomic E-state index is 0.217. The fourth-order valence-electron chi connectivity index (χ4n) is 4.28. The number of aromatic nitrogens is 2. The Hall–Kier alpha value is -3.72. The van der Waals surface area contributed by atoms with E-state index in [-0.39, 0.29) is 18.1 Å². The number of rotatable bonds is 8. The molecule has 3 aromatic rings. The molecule has 176 valence electrons. The van der Waals surface area contributed by atoms with Gasteiger partial charge in [-0.2, -0.15) is 0 Å². The molecule has 1 aromatic carbocycles. The Labute approximate surface area is 203 Å². The summed E-state index contributed by atoms with van der Waals surface area (Å²) in [5, 5.41) is 3.99. The smallest absolute Gasteiger partial charge is 0.339 e. The van der Waals surface area contributed by atoms with Crippen LogP contribution < -0.4 is 5.32 Å². The van der Waals surface area contributed by atoms with E-state index in [0.29, 0.717) is 35.7 Å². The molecule has 0 bridgehead atoms. The molecule has 9 heteroatoms. The van der Waals surface area contributed by atoms with Gasteiger partial charge in [-0.05, 0) is 55.0 Å². The van der Waals surface area contributed by atoms with Crippen LogP contribution in [0, 0.1) is 0 Å². The van der Waals surface area contributed by atoms with E-state index in [4.69, 9.17) is 21.7 Å². The monoisotopic (exact) mass is 478 g/mol. The van der Waals surface area contributed by atoms with Crippen LogP contribution in [-0.2, 0) is 14.3 Å². The van der Waals surface area contributed by atoms with Crippen molar-refractivity contribution in [2.75, 3.05) is 20.8 Å². The number of carbonyl (C=O) groups excluding carboxylic acids is 2. The Morgan fingerprint density at radius 3 is 2.59 bits per heavy atom. The first-order valence-electron chi connectivity index (χ1n) is 10.9. The van der Waals surface area contributed by atoms with Gasteiger partial charge in [-0.3, -0.25) is 9.78 Å². The van der Waals surface area contributed by atoms with Crippen LogP contribution in [0.5, 0.6) is 0 Å². The van der Waals surface area contributed by atoms with Crippen molar-refractivity contribution in [1.29, 1.82) is 0 Å². The SMILES string of the molecule is COC(=O)CCCN1C(=S)N[C@@H](c2ccccn2)[C@@H]1c1cccn1-c1ccccc1C(=O)OC. The van der Waals surface area contributed by atoms with E-state index in [0.717, 1.165) is 11.4 Å². The average molecular weight is 479 g/mol. The molecule has 1 aliphatic heterocycles. The number of pyridine rings is 1. The Morgan fingerprint density at radius 2 is 1.85 bits per heavy atom. The van der Waals surface area contributed by atoms with Gasteiger partial charge in [0, 0.05) is 31.1 Å². The van der Waals surface area contributed by atoms with E-state index in [1.807, 2.05) is 53.2 Å². The molecule has 4 rings (SSSR count). The standard InChI is InChI=1S/C25H26N4O4S/c1-32-21(30)13-8-16-29-23(22(27-25(29)34)18-10-5-6-14-26-18)20-12-7-15-28(20)19-11-4-3-9-17(19)24(31)33-2/h3-7,9-12,14-15,22-23H,8,13,16H2,1-2H3,(H,27,34)/t22-,23-/m0/s1. The van der Waals surface area contributed by atoms with Gasteiger partial charge in [-0.25, -0.2) is 4.79 Å². The summed E-state index contributed by atoms with van der Waals surface area (Å²) in [5.74, 6) is -0.669. The molecular formula is C25H26N4O4S. The normalized spacial score (nSPS) is 17.4. The number of nitrogens with one attached hydrogen (secondary N) is 1. The number of hydrogen-bond acceptors (Lipinski definition) is 6. The molecule has 0 spiro atoms. The average Bonchev–Trinajstić information content (AvgIpc) is 3.48. The summed E-state index contributed by atoms with van der Waals surface area (Å²) in [5.41, 5.74) is 2.95. The first-order chi connectivity index (χ1) is 16.5. The van der Waals surface area contributed by atoms with Gasteiger partial charge < -0.3 is 24.3 Å². The maximum absolute atomic E-state index is 12.5. The Balaban J connectivity index is 1.76. The lowest BCUT2D eigenvalue weighted by molar-refractivity contribution is -0.140. The van der Waals surface area contributed by atoms with Gasteiger partial charge in [0.1, 0.15) is 0 Å². The number of methoxy groups -OCH3 is 2. The molecule has 2 aromatic heterocycles. The molecule has 34 heavy (non-hydrogen) atoms. The molecule has 1 aliphatic rings. The van der Waals surface area contributed by atoms with E-state index >= 15 is 0 Å². The van der Waals surface area contributed by atoms with Gasteiger partial charge in [-0.15, -0.1) is 0 Å². The molecule has 0 radical (unpaired) electrons. The molecule has 2 atom stereocenters. The van der Waals surface area contributed by atoms with Crippen molar-refractivity contribution >= 4 is 29.3 Å².